The highest BCUT2D eigenvalue weighted by molar-refractivity contribution is 5.98. The maximum atomic E-state index is 11.9. The number of amides is 1. The molecule has 0 aromatic heterocycles. The fraction of sp³-hybridized carbons (Fsp3) is 0.462. The number of carbonyl (C=O) groups excluding carboxylic acids is 1. The van der Waals surface area contributed by atoms with Crippen LogP contribution in [0.5, 0.6) is 11.5 Å². The first kappa shape index (κ1) is 11.8. The smallest absolute Gasteiger partial charge is 0.251 e. The fourth-order valence-electron chi connectivity index (χ4n) is 2.26. The van der Waals surface area contributed by atoms with Gasteiger partial charge in [-0.1, -0.05) is 6.92 Å². The Hall–Kier alpha value is -1.71. The van der Waals surface area contributed by atoms with Crippen LogP contribution in [0.15, 0.2) is 12.1 Å². The van der Waals surface area contributed by atoms with Gasteiger partial charge in [0.15, 0.2) is 0 Å². The molecule has 1 N–H and O–H groups in total. The molecule has 1 unspecified atom stereocenters. The molecular formula is C13H17NO3. The second-order valence-corrected chi connectivity index (χ2v) is 4.11. The van der Waals surface area contributed by atoms with E-state index in [0.29, 0.717) is 23.8 Å². The molecule has 1 aliphatic rings. The van der Waals surface area contributed by atoms with Crippen LogP contribution in [0.2, 0.25) is 0 Å². The van der Waals surface area contributed by atoms with Gasteiger partial charge in [0.05, 0.1) is 19.8 Å². The Balaban J connectivity index is 2.61. The van der Waals surface area contributed by atoms with Gasteiger partial charge < -0.3 is 14.8 Å². The summed E-state index contributed by atoms with van der Waals surface area (Å²) in [4.78, 5) is 11.9. The largest absolute Gasteiger partial charge is 0.497 e. The molecule has 0 radical (unpaired) electrons. The standard InChI is InChI=1S/C13H17NO3/c1-4-8-7-14-13(15)10-5-9(16-2)6-11(17-3)12(8)10/h5-6,8H,4,7H2,1-3H3,(H,14,15). The number of benzene rings is 1. The normalized spacial score (nSPS) is 18.3. The first-order valence-corrected chi connectivity index (χ1v) is 5.75. The van der Waals surface area contributed by atoms with E-state index in [1.807, 2.05) is 6.07 Å². The number of fused-ring (bicyclic) bond motifs is 1. The molecule has 0 spiro atoms. The predicted octanol–water partition coefficient (Wildman–Crippen LogP) is 1.94. The van der Waals surface area contributed by atoms with Gasteiger partial charge >= 0.3 is 0 Å². The summed E-state index contributed by atoms with van der Waals surface area (Å²) < 4.78 is 10.6. The zero-order valence-corrected chi connectivity index (χ0v) is 10.4. The molecule has 0 saturated heterocycles. The molecule has 2 rings (SSSR count). The second kappa shape index (κ2) is 4.65. The number of nitrogens with one attached hydrogen (secondary N) is 1. The zero-order valence-electron chi connectivity index (χ0n) is 10.4. The van der Waals surface area contributed by atoms with Crippen LogP contribution >= 0.6 is 0 Å². The Morgan fingerprint density at radius 1 is 1.35 bits per heavy atom. The van der Waals surface area contributed by atoms with Crippen LogP contribution in [0.1, 0.15) is 35.2 Å². The minimum Gasteiger partial charge on any atom is -0.497 e. The van der Waals surface area contributed by atoms with Crippen molar-refractivity contribution in [1.29, 1.82) is 0 Å². The van der Waals surface area contributed by atoms with Crippen molar-refractivity contribution in [2.45, 2.75) is 19.3 Å². The van der Waals surface area contributed by atoms with Gasteiger partial charge in [0, 0.05) is 24.1 Å². The van der Waals surface area contributed by atoms with Crippen molar-refractivity contribution in [1.82, 2.24) is 5.32 Å². The lowest BCUT2D eigenvalue weighted by molar-refractivity contribution is 0.0938. The molecule has 1 amide bonds. The van der Waals surface area contributed by atoms with Crippen molar-refractivity contribution in [3.8, 4) is 11.5 Å². The maximum Gasteiger partial charge on any atom is 0.251 e. The summed E-state index contributed by atoms with van der Waals surface area (Å²) in [5.41, 5.74) is 1.67. The number of rotatable bonds is 3. The molecule has 17 heavy (non-hydrogen) atoms. The monoisotopic (exact) mass is 235 g/mol. The molecule has 1 atom stereocenters. The molecule has 4 heteroatoms. The quantitative estimate of drug-likeness (QED) is 0.871. The highest BCUT2D eigenvalue weighted by Gasteiger charge is 2.28. The van der Waals surface area contributed by atoms with E-state index in [0.717, 1.165) is 17.7 Å². The first-order chi connectivity index (χ1) is 8.21. The van der Waals surface area contributed by atoms with Crippen molar-refractivity contribution < 1.29 is 14.3 Å². The van der Waals surface area contributed by atoms with Crippen molar-refractivity contribution in [3.63, 3.8) is 0 Å². The first-order valence-electron chi connectivity index (χ1n) is 5.75. The number of methoxy groups -OCH3 is 2. The number of carbonyl (C=O) groups is 1. The van der Waals surface area contributed by atoms with Crippen LogP contribution in [0.25, 0.3) is 0 Å². The molecule has 1 aliphatic heterocycles. The van der Waals surface area contributed by atoms with E-state index >= 15 is 0 Å². The van der Waals surface area contributed by atoms with Crippen LogP contribution in [-0.2, 0) is 0 Å². The molecule has 1 heterocycles. The Morgan fingerprint density at radius 2 is 2.12 bits per heavy atom. The fourth-order valence-corrected chi connectivity index (χ4v) is 2.26. The summed E-state index contributed by atoms with van der Waals surface area (Å²) in [7, 11) is 3.20. The third-order valence-corrected chi connectivity index (χ3v) is 3.23. The van der Waals surface area contributed by atoms with Gasteiger partial charge in [-0.15, -0.1) is 0 Å². The van der Waals surface area contributed by atoms with Gasteiger partial charge in [0.2, 0.25) is 0 Å². The van der Waals surface area contributed by atoms with Crippen LogP contribution in [-0.4, -0.2) is 26.7 Å². The summed E-state index contributed by atoms with van der Waals surface area (Å²) in [5, 5.41) is 2.89. The molecule has 4 nitrogen and oxygen atoms in total. The predicted molar refractivity (Wildman–Crippen MR) is 64.9 cm³/mol. The molecule has 0 saturated carbocycles. The van der Waals surface area contributed by atoms with Crippen LogP contribution < -0.4 is 14.8 Å². The Labute approximate surface area is 101 Å². The Morgan fingerprint density at radius 3 is 2.71 bits per heavy atom. The molecule has 0 aliphatic carbocycles. The molecule has 1 aromatic carbocycles. The highest BCUT2D eigenvalue weighted by atomic mass is 16.5. The van der Waals surface area contributed by atoms with Crippen molar-refractivity contribution >= 4 is 5.91 Å². The number of ether oxygens (including phenoxy) is 2. The molecule has 92 valence electrons. The summed E-state index contributed by atoms with van der Waals surface area (Å²) in [6.07, 6.45) is 0.968. The van der Waals surface area contributed by atoms with Gasteiger partial charge in [0.25, 0.3) is 5.91 Å². The molecule has 0 fully saturated rings. The summed E-state index contributed by atoms with van der Waals surface area (Å²) >= 11 is 0. The number of hydrogen-bond acceptors (Lipinski definition) is 3. The average molecular weight is 235 g/mol. The lowest BCUT2D eigenvalue weighted by atomic mass is 9.87. The van der Waals surface area contributed by atoms with E-state index in [2.05, 4.69) is 12.2 Å². The third-order valence-electron chi connectivity index (χ3n) is 3.23. The number of hydrogen-bond donors (Lipinski definition) is 1. The second-order valence-electron chi connectivity index (χ2n) is 4.11. The van der Waals surface area contributed by atoms with Crippen molar-refractivity contribution in [2.24, 2.45) is 0 Å². The van der Waals surface area contributed by atoms with Gasteiger partial charge in [-0.3, -0.25) is 4.79 Å². The minimum atomic E-state index is -0.0538. The van der Waals surface area contributed by atoms with Crippen LogP contribution in [0.3, 0.4) is 0 Å². The van der Waals surface area contributed by atoms with Crippen LogP contribution in [0.4, 0.5) is 0 Å². The van der Waals surface area contributed by atoms with E-state index in [4.69, 9.17) is 9.47 Å². The van der Waals surface area contributed by atoms with E-state index in [9.17, 15) is 4.79 Å². The van der Waals surface area contributed by atoms with Gasteiger partial charge in [-0.25, -0.2) is 0 Å². The molecular weight excluding hydrogens is 218 g/mol. The summed E-state index contributed by atoms with van der Waals surface area (Å²) in [6, 6.07) is 3.61. The summed E-state index contributed by atoms with van der Waals surface area (Å²) in [5.74, 6) is 1.64. The van der Waals surface area contributed by atoms with E-state index < -0.39 is 0 Å². The van der Waals surface area contributed by atoms with Gasteiger partial charge in [-0.05, 0) is 12.5 Å². The minimum absolute atomic E-state index is 0.0538. The van der Waals surface area contributed by atoms with Crippen molar-refractivity contribution in [2.75, 3.05) is 20.8 Å². The topological polar surface area (TPSA) is 47.6 Å². The van der Waals surface area contributed by atoms with E-state index in [1.165, 1.54) is 0 Å². The molecule has 1 aromatic rings. The molecule has 0 bridgehead atoms. The van der Waals surface area contributed by atoms with Gasteiger partial charge in [0.1, 0.15) is 11.5 Å². The maximum absolute atomic E-state index is 11.9. The SMILES string of the molecule is CCC1CNC(=O)c2cc(OC)cc(OC)c21. The van der Waals surface area contributed by atoms with Gasteiger partial charge in [-0.2, -0.15) is 0 Å². The summed E-state index contributed by atoms with van der Waals surface area (Å²) in [6.45, 7) is 2.78. The average Bonchev–Trinajstić information content (AvgIpc) is 2.38. The zero-order chi connectivity index (χ0) is 12.4. The third kappa shape index (κ3) is 1.95. The lowest BCUT2D eigenvalue weighted by Gasteiger charge is -2.27. The van der Waals surface area contributed by atoms with Crippen molar-refractivity contribution in [3.05, 3.63) is 23.3 Å². The Kier molecular flexibility index (Phi) is 3.22. The highest BCUT2D eigenvalue weighted by Crippen LogP contribution is 2.37. The lowest BCUT2D eigenvalue weighted by Crippen LogP contribution is -2.35. The van der Waals surface area contributed by atoms with Crippen LogP contribution in [0, 0.1) is 0 Å². The van der Waals surface area contributed by atoms with E-state index in [-0.39, 0.29) is 5.91 Å². The Bertz CT molecular complexity index is 443. The van der Waals surface area contributed by atoms with E-state index in [1.54, 1.807) is 20.3 Å².